The van der Waals surface area contributed by atoms with Crippen molar-refractivity contribution in [1.29, 1.82) is 0 Å². The number of rotatable bonds is 4. The first kappa shape index (κ1) is 17.2. The van der Waals surface area contributed by atoms with Crippen molar-refractivity contribution in [2.24, 2.45) is 0 Å². The Morgan fingerprint density at radius 3 is 2.96 bits per heavy atom. The van der Waals surface area contributed by atoms with Gasteiger partial charge in [-0.05, 0) is 31.9 Å². The Hall–Kier alpha value is -2.21. The van der Waals surface area contributed by atoms with Gasteiger partial charge in [0.2, 0.25) is 5.91 Å². The zero-order chi connectivity index (χ0) is 18.1. The van der Waals surface area contributed by atoms with Crippen LogP contribution < -0.4 is 5.32 Å². The fourth-order valence-electron chi connectivity index (χ4n) is 3.98. The number of nitrogens with zero attached hydrogens (tertiary/aromatic N) is 2. The Balaban J connectivity index is 1.44. The van der Waals surface area contributed by atoms with Crippen molar-refractivity contribution in [2.45, 2.75) is 57.7 Å². The van der Waals surface area contributed by atoms with Gasteiger partial charge < -0.3 is 10.3 Å². The van der Waals surface area contributed by atoms with Crippen LogP contribution in [0.5, 0.6) is 0 Å². The number of amides is 1. The lowest BCUT2D eigenvalue weighted by molar-refractivity contribution is -0.126. The Bertz CT molecular complexity index is 797. The molecule has 0 bridgehead atoms. The summed E-state index contributed by atoms with van der Waals surface area (Å²) in [6.45, 7) is 3.44. The summed E-state index contributed by atoms with van der Waals surface area (Å²) in [5.41, 5.74) is 2.79. The van der Waals surface area contributed by atoms with E-state index in [0.29, 0.717) is 18.4 Å². The van der Waals surface area contributed by atoms with Crippen LogP contribution in [0.15, 0.2) is 24.3 Å². The second-order valence-corrected chi connectivity index (χ2v) is 7.41. The smallest absolute Gasteiger partial charge is 0.237 e. The summed E-state index contributed by atoms with van der Waals surface area (Å²) in [6.07, 6.45) is 5.41. The molecule has 4 rings (SSSR count). The van der Waals surface area contributed by atoms with Gasteiger partial charge in [-0.15, -0.1) is 0 Å². The number of aromatic nitrogens is 2. The number of aromatic amines is 1. The Morgan fingerprint density at radius 2 is 2.19 bits per heavy atom. The quantitative estimate of drug-likeness (QED) is 0.885. The number of H-pyrrole nitrogens is 1. The predicted molar refractivity (Wildman–Crippen MR) is 98.0 cm³/mol. The van der Waals surface area contributed by atoms with Gasteiger partial charge in [0.05, 0.1) is 17.4 Å². The molecule has 26 heavy (non-hydrogen) atoms. The van der Waals surface area contributed by atoms with Crippen LogP contribution in [-0.2, 0) is 17.8 Å². The maximum atomic E-state index is 13.5. The van der Waals surface area contributed by atoms with Gasteiger partial charge >= 0.3 is 0 Å². The van der Waals surface area contributed by atoms with Gasteiger partial charge in [0.15, 0.2) is 0 Å². The highest BCUT2D eigenvalue weighted by Gasteiger charge is 2.29. The minimum atomic E-state index is -0.268. The van der Waals surface area contributed by atoms with Crippen LogP contribution in [0.1, 0.15) is 44.0 Å². The molecule has 2 aromatic rings. The second kappa shape index (κ2) is 7.19. The molecule has 2 aliphatic rings. The molecule has 1 saturated carbocycles. The van der Waals surface area contributed by atoms with Crippen molar-refractivity contribution in [3.8, 4) is 11.4 Å². The number of halogens is 1. The zero-order valence-corrected chi connectivity index (χ0v) is 15.1. The predicted octanol–water partition coefficient (Wildman–Crippen LogP) is 3.02. The van der Waals surface area contributed by atoms with E-state index in [0.717, 1.165) is 42.8 Å². The number of benzene rings is 1. The molecule has 0 unspecified atom stereocenters. The number of nitrogens with one attached hydrogen (secondary N) is 2. The second-order valence-electron chi connectivity index (χ2n) is 7.41. The number of carbonyl (C=O) groups is 1. The van der Waals surface area contributed by atoms with Gasteiger partial charge in [0.25, 0.3) is 0 Å². The van der Waals surface area contributed by atoms with Gasteiger partial charge in [-0.2, -0.15) is 0 Å². The normalized spacial score (nSPS) is 19.3. The average molecular weight is 356 g/mol. The molecule has 1 aliphatic carbocycles. The molecule has 138 valence electrons. The van der Waals surface area contributed by atoms with E-state index in [1.807, 2.05) is 13.0 Å². The highest BCUT2D eigenvalue weighted by atomic mass is 19.1. The lowest BCUT2D eigenvalue weighted by Gasteiger charge is -2.31. The number of carbonyl (C=O) groups excluding carboxylic acids is 1. The molecule has 1 aromatic heterocycles. The molecule has 2 N–H and O–H groups in total. The first-order valence-corrected chi connectivity index (χ1v) is 9.48. The van der Waals surface area contributed by atoms with Crippen molar-refractivity contribution in [3.63, 3.8) is 0 Å². The summed E-state index contributed by atoms with van der Waals surface area (Å²) >= 11 is 0. The standard InChI is InChI=1S/C20H25FN4O/c1-13(20(26)22-16-7-2-3-8-16)25-10-9-17-18(12-25)24-19(23-17)14-5-4-6-15(21)11-14/h4-6,11,13,16H,2-3,7-10,12H2,1H3,(H,22,26)(H,23,24)/t13-/m0/s1. The number of hydrogen-bond donors (Lipinski definition) is 2. The molecule has 0 radical (unpaired) electrons. The average Bonchev–Trinajstić information content (AvgIpc) is 3.29. The van der Waals surface area contributed by atoms with Crippen molar-refractivity contribution in [3.05, 3.63) is 41.5 Å². The van der Waals surface area contributed by atoms with E-state index in [1.54, 1.807) is 6.07 Å². The van der Waals surface area contributed by atoms with E-state index in [9.17, 15) is 9.18 Å². The molecule has 1 amide bonds. The number of fused-ring (bicyclic) bond motifs is 1. The molecule has 1 aromatic carbocycles. The van der Waals surface area contributed by atoms with E-state index < -0.39 is 0 Å². The van der Waals surface area contributed by atoms with E-state index in [2.05, 4.69) is 20.2 Å². The van der Waals surface area contributed by atoms with Gasteiger partial charge in [0.1, 0.15) is 11.6 Å². The molecule has 6 heteroatoms. The van der Waals surface area contributed by atoms with Crippen LogP contribution in [0.25, 0.3) is 11.4 Å². The highest BCUT2D eigenvalue weighted by molar-refractivity contribution is 5.81. The van der Waals surface area contributed by atoms with Crippen LogP contribution in [0.4, 0.5) is 4.39 Å². The summed E-state index contributed by atoms with van der Waals surface area (Å²) in [5.74, 6) is 0.542. The van der Waals surface area contributed by atoms with E-state index in [-0.39, 0.29) is 17.8 Å². The zero-order valence-electron chi connectivity index (χ0n) is 15.1. The number of imidazole rings is 1. The maximum absolute atomic E-state index is 13.5. The first-order chi connectivity index (χ1) is 12.6. The fraction of sp³-hybridized carbons (Fsp3) is 0.500. The molecule has 1 aliphatic heterocycles. The molecule has 0 saturated heterocycles. The maximum Gasteiger partial charge on any atom is 0.237 e. The van der Waals surface area contributed by atoms with Crippen LogP contribution in [0.2, 0.25) is 0 Å². The van der Waals surface area contributed by atoms with E-state index >= 15 is 0 Å². The molecular formula is C20H25FN4O. The molecule has 5 nitrogen and oxygen atoms in total. The topological polar surface area (TPSA) is 61.0 Å². The third-order valence-corrected chi connectivity index (χ3v) is 5.59. The first-order valence-electron chi connectivity index (χ1n) is 9.48. The van der Waals surface area contributed by atoms with Crippen LogP contribution in [0, 0.1) is 5.82 Å². The highest BCUT2D eigenvalue weighted by Crippen LogP contribution is 2.24. The van der Waals surface area contributed by atoms with Gasteiger partial charge in [-0.25, -0.2) is 9.37 Å². The fourth-order valence-corrected chi connectivity index (χ4v) is 3.98. The van der Waals surface area contributed by atoms with E-state index in [1.165, 1.54) is 25.0 Å². The molecule has 2 heterocycles. The van der Waals surface area contributed by atoms with E-state index in [4.69, 9.17) is 0 Å². The van der Waals surface area contributed by atoms with Gasteiger partial charge in [-0.1, -0.05) is 25.0 Å². The van der Waals surface area contributed by atoms with Crippen LogP contribution in [0.3, 0.4) is 0 Å². The third kappa shape index (κ3) is 3.51. The summed E-state index contributed by atoms with van der Waals surface area (Å²) < 4.78 is 13.5. The molecule has 1 atom stereocenters. The van der Waals surface area contributed by atoms with Crippen LogP contribution in [-0.4, -0.2) is 39.4 Å². The van der Waals surface area contributed by atoms with Crippen molar-refractivity contribution >= 4 is 5.91 Å². The van der Waals surface area contributed by atoms with Crippen molar-refractivity contribution in [1.82, 2.24) is 20.2 Å². The lowest BCUT2D eigenvalue weighted by Crippen LogP contribution is -2.49. The van der Waals surface area contributed by atoms with Gasteiger partial charge in [-0.3, -0.25) is 9.69 Å². The third-order valence-electron chi connectivity index (χ3n) is 5.59. The van der Waals surface area contributed by atoms with Crippen LogP contribution >= 0.6 is 0 Å². The summed E-state index contributed by atoms with van der Waals surface area (Å²) in [6, 6.07) is 6.64. The number of hydrogen-bond acceptors (Lipinski definition) is 3. The van der Waals surface area contributed by atoms with Crippen molar-refractivity contribution in [2.75, 3.05) is 6.54 Å². The van der Waals surface area contributed by atoms with Gasteiger partial charge in [0, 0.05) is 31.1 Å². The lowest BCUT2D eigenvalue weighted by atomic mass is 10.1. The minimum Gasteiger partial charge on any atom is -0.352 e. The monoisotopic (exact) mass is 356 g/mol. The Morgan fingerprint density at radius 1 is 1.38 bits per heavy atom. The Kier molecular flexibility index (Phi) is 4.76. The summed E-state index contributed by atoms with van der Waals surface area (Å²) in [4.78, 5) is 22.7. The molecular weight excluding hydrogens is 331 g/mol. The summed E-state index contributed by atoms with van der Waals surface area (Å²) in [5, 5.41) is 3.19. The van der Waals surface area contributed by atoms with Crippen molar-refractivity contribution < 1.29 is 9.18 Å². The minimum absolute atomic E-state index is 0.116. The largest absolute Gasteiger partial charge is 0.352 e. The molecule has 0 spiro atoms. The SMILES string of the molecule is C[C@@H](C(=O)NC1CCCC1)N1CCc2nc(-c3cccc(F)c3)[nH]c2C1. The summed E-state index contributed by atoms with van der Waals surface area (Å²) in [7, 11) is 0. The Labute approximate surface area is 153 Å². The molecule has 1 fully saturated rings.